The fraction of sp³-hybridized carbons (Fsp3) is 0.464. The zero-order chi connectivity index (χ0) is 27.1. The molecule has 2 aromatic rings. The molecule has 0 aliphatic carbocycles. The predicted octanol–water partition coefficient (Wildman–Crippen LogP) is 3.09. The van der Waals surface area contributed by atoms with E-state index in [0.717, 1.165) is 50.3 Å². The number of benzene rings is 2. The molecular formula is C28H39N7O2S. The van der Waals surface area contributed by atoms with Crippen LogP contribution in [0.1, 0.15) is 39.2 Å². The van der Waals surface area contributed by atoms with Crippen LogP contribution in [0.15, 0.2) is 70.2 Å². The Kier molecular flexibility index (Phi) is 7.25. The maximum Gasteiger partial charge on any atom is 0.243 e. The van der Waals surface area contributed by atoms with Crippen LogP contribution in [0.4, 0.5) is 11.4 Å². The quantitative estimate of drug-likeness (QED) is 0.538. The summed E-state index contributed by atoms with van der Waals surface area (Å²) >= 11 is 0. The first-order valence-electron chi connectivity index (χ1n) is 13.3. The van der Waals surface area contributed by atoms with Gasteiger partial charge in [0.1, 0.15) is 0 Å². The van der Waals surface area contributed by atoms with Crippen molar-refractivity contribution >= 4 is 27.4 Å². The summed E-state index contributed by atoms with van der Waals surface area (Å²) in [7, 11) is -1.50. The molecule has 9 nitrogen and oxygen atoms in total. The number of nitrogens with one attached hydrogen (secondary N) is 2. The summed E-state index contributed by atoms with van der Waals surface area (Å²) in [6.45, 7) is 9.98. The van der Waals surface area contributed by atoms with Crippen molar-refractivity contribution in [3.05, 3.63) is 65.9 Å². The van der Waals surface area contributed by atoms with E-state index in [1.807, 2.05) is 45.2 Å². The van der Waals surface area contributed by atoms with E-state index < -0.39 is 15.7 Å². The smallest absolute Gasteiger partial charge is 0.243 e. The number of aliphatic imine (C=N–C) groups is 1. The van der Waals surface area contributed by atoms with Crippen molar-refractivity contribution in [3.8, 4) is 0 Å². The first kappa shape index (κ1) is 26.7. The topological polar surface area (TPSA) is 106 Å². The molecule has 10 heteroatoms. The Morgan fingerprint density at radius 1 is 1.03 bits per heavy atom. The fourth-order valence-corrected chi connectivity index (χ4v) is 7.49. The molecule has 3 heterocycles. The highest BCUT2D eigenvalue weighted by Gasteiger charge is 2.39. The molecule has 5 rings (SSSR count). The highest BCUT2D eigenvalue weighted by atomic mass is 32.2. The Morgan fingerprint density at radius 3 is 2.34 bits per heavy atom. The van der Waals surface area contributed by atoms with Gasteiger partial charge in [0.25, 0.3) is 0 Å². The maximum atomic E-state index is 13.5. The number of likely N-dealkylation sites (N-methyl/N-ethyl adjacent to an activating group) is 1. The lowest BCUT2D eigenvalue weighted by molar-refractivity contribution is 0.313. The summed E-state index contributed by atoms with van der Waals surface area (Å²) in [6.07, 6.45) is 3.55. The van der Waals surface area contributed by atoms with Gasteiger partial charge in [-0.3, -0.25) is 5.73 Å². The molecule has 0 amide bonds. The van der Waals surface area contributed by atoms with Crippen LogP contribution in [0.3, 0.4) is 0 Å². The van der Waals surface area contributed by atoms with Crippen molar-refractivity contribution < 1.29 is 8.42 Å². The molecule has 0 saturated carbocycles. The van der Waals surface area contributed by atoms with E-state index in [0.29, 0.717) is 11.5 Å². The van der Waals surface area contributed by atoms with Crippen LogP contribution >= 0.6 is 0 Å². The van der Waals surface area contributed by atoms with Crippen LogP contribution in [-0.2, 0) is 15.7 Å². The summed E-state index contributed by atoms with van der Waals surface area (Å²) in [5.41, 5.74) is 9.15. The van der Waals surface area contributed by atoms with E-state index in [2.05, 4.69) is 39.6 Å². The number of piperazine rings is 1. The molecule has 3 aliphatic rings. The Bertz CT molecular complexity index is 1320. The maximum absolute atomic E-state index is 13.5. The molecule has 204 valence electrons. The number of rotatable bonds is 5. The van der Waals surface area contributed by atoms with Crippen molar-refractivity contribution in [1.82, 2.24) is 14.5 Å². The number of sulfonamides is 1. The van der Waals surface area contributed by atoms with Crippen LogP contribution in [0.2, 0.25) is 0 Å². The second kappa shape index (κ2) is 10.3. The van der Waals surface area contributed by atoms with Crippen LogP contribution in [-0.4, -0.2) is 68.9 Å². The van der Waals surface area contributed by atoms with Crippen molar-refractivity contribution in [2.45, 2.75) is 56.3 Å². The van der Waals surface area contributed by atoms with Gasteiger partial charge in [0.2, 0.25) is 16.0 Å². The molecule has 3 unspecified atom stereocenters. The Hall–Kier alpha value is -2.92. The van der Waals surface area contributed by atoms with E-state index in [1.165, 1.54) is 5.69 Å². The number of anilines is 2. The van der Waals surface area contributed by atoms with Gasteiger partial charge >= 0.3 is 0 Å². The molecule has 0 bridgehead atoms. The van der Waals surface area contributed by atoms with Gasteiger partial charge in [-0.2, -0.15) is 4.31 Å². The lowest BCUT2D eigenvalue weighted by atomic mass is 9.93. The van der Waals surface area contributed by atoms with Gasteiger partial charge in [0.05, 0.1) is 4.90 Å². The van der Waals surface area contributed by atoms with Gasteiger partial charge in [-0.1, -0.05) is 12.1 Å². The molecule has 0 aromatic heterocycles. The first-order valence-corrected chi connectivity index (χ1v) is 14.8. The molecule has 3 aliphatic heterocycles. The van der Waals surface area contributed by atoms with Gasteiger partial charge in [0, 0.05) is 55.8 Å². The minimum absolute atomic E-state index is 0.0255. The largest absolute Gasteiger partial charge is 0.369 e. The second-order valence-electron chi connectivity index (χ2n) is 10.8. The van der Waals surface area contributed by atoms with Crippen molar-refractivity contribution in [2.75, 3.05) is 43.4 Å². The minimum Gasteiger partial charge on any atom is -0.369 e. The van der Waals surface area contributed by atoms with Crippen molar-refractivity contribution in [1.29, 1.82) is 0 Å². The van der Waals surface area contributed by atoms with Crippen molar-refractivity contribution in [2.24, 2.45) is 10.7 Å². The predicted molar refractivity (Wildman–Crippen MR) is 154 cm³/mol. The SMILES string of the molecule is CC1=CNC(Nc2ccc(N3CCN(C)CC3)cc2)=NC1(N)c1cccc(S(=O)(=O)N2C(C)CCC2C)c1. The molecular weight excluding hydrogens is 498 g/mol. The standard InChI is InChI=1S/C28H39N7O2S/c1-20-19-30-27(31-24-10-12-25(13-11-24)34-16-14-33(4)15-17-34)32-28(20,29)23-6-5-7-26(18-23)38(36,37)35-21(2)8-9-22(35)3/h5-7,10-13,18-19,21-22H,8-9,14-17,29H2,1-4H3,(H2,30,31,32). The summed E-state index contributed by atoms with van der Waals surface area (Å²) in [5, 5.41) is 6.51. The van der Waals surface area contributed by atoms with Gasteiger partial charge < -0.3 is 20.4 Å². The van der Waals surface area contributed by atoms with Gasteiger partial charge in [-0.15, -0.1) is 0 Å². The third-order valence-electron chi connectivity index (χ3n) is 8.03. The lowest BCUT2D eigenvalue weighted by Gasteiger charge is -2.34. The van der Waals surface area contributed by atoms with Gasteiger partial charge in [-0.05, 0) is 88.2 Å². The summed E-state index contributed by atoms with van der Waals surface area (Å²) in [5.74, 6) is 0.500. The highest BCUT2D eigenvalue weighted by Crippen LogP contribution is 2.35. The Labute approximate surface area is 226 Å². The number of hydrogen-bond acceptors (Lipinski definition) is 8. The molecule has 2 aromatic carbocycles. The van der Waals surface area contributed by atoms with E-state index in [4.69, 9.17) is 10.7 Å². The van der Waals surface area contributed by atoms with Crippen molar-refractivity contribution in [3.63, 3.8) is 0 Å². The lowest BCUT2D eigenvalue weighted by Crippen LogP contribution is -2.45. The van der Waals surface area contributed by atoms with Gasteiger partial charge in [0.15, 0.2) is 5.66 Å². The summed E-state index contributed by atoms with van der Waals surface area (Å²) in [6, 6.07) is 15.1. The van der Waals surface area contributed by atoms with E-state index in [1.54, 1.807) is 22.5 Å². The third kappa shape index (κ3) is 5.05. The van der Waals surface area contributed by atoms with E-state index in [-0.39, 0.29) is 17.0 Å². The average molecular weight is 538 g/mol. The average Bonchev–Trinajstić information content (AvgIpc) is 3.26. The van der Waals surface area contributed by atoms with Crippen LogP contribution < -0.4 is 21.3 Å². The van der Waals surface area contributed by atoms with Gasteiger partial charge in [-0.25, -0.2) is 13.4 Å². The van der Waals surface area contributed by atoms with Crippen LogP contribution in [0.25, 0.3) is 0 Å². The molecule has 3 atom stereocenters. The minimum atomic E-state index is -3.65. The molecule has 4 N–H and O–H groups in total. The zero-order valence-corrected chi connectivity index (χ0v) is 23.5. The Balaban J connectivity index is 1.37. The zero-order valence-electron chi connectivity index (χ0n) is 22.7. The second-order valence-corrected chi connectivity index (χ2v) is 12.6. The number of hydrogen-bond donors (Lipinski definition) is 3. The Morgan fingerprint density at radius 2 is 1.68 bits per heavy atom. The number of nitrogens with two attached hydrogens (primary N) is 1. The third-order valence-corrected chi connectivity index (χ3v) is 10.2. The van der Waals surface area contributed by atoms with Crippen LogP contribution in [0, 0.1) is 0 Å². The van der Waals surface area contributed by atoms with E-state index in [9.17, 15) is 8.42 Å². The molecule has 0 radical (unpaired) electrons. The summed E-state index contributed by atoms with van der Waals surface area (Å²) < 4.78 is 28.7. The van der Waals surface area contributed by atoms with Crippen LogP contribution in [0.5, 0.6) is 0 Å². The van der Waals surface area contributed by atoms with E-state index >= 15 is 0 Å². The number of guanidine groups is 1. The molecule has 2 fully saturated rings. The molecule has 38 heavy (non-hydrogen) atoms. The molecule has 0 spiro atoms. The highest BCUT2D eigenvalue weighted by molar-refractivity contribution is 7.89. The fourth-order valence-electron chi connectivity index (χ4n) is 5.56. The summed E-state index contributed by atoms with van der Waals surface area (Å²) in [4.78, 5) is 9.79. The molecule has 2 saturated heterocycles. The number of nitrogens with zero attached hydrogens (tertiary/aromatic N) is 4. The first-order chi connectivity index (χ1) is 18.1. The normalized spacial score (nSPS) is 27.0. The monoisotopic (exact) mass is 537 g/mol.